The molecule has 0 saturated carbocycles. The number of benzene rings is 5. The van der Waals surface area contributed by atoms with E-state index in [1.165, 1.54) is 21.6 Å². The van der Waals surface area contributed by atoms with Crippen molar-refractivity contribution < 1.29 is 12.9 Å². The van der Waals surface area contributed by atoms with Crippen LogP contribution in [-0.2, 0) is 0 Å². The maximum atomic E-state index is 8.15. The van der Waals surface area contributed by atoms with Crippen molar-refractivity contribution >= 4 is 60.9 Å². The summed E-state index contributed by atoms with van der Waals surface area (Å²) >= 11 is 0. The van der Waals surface area contributed by atoms with Gasteiger partial charge in [0.15, 0.2) is 0 Å². The van der Waals surface area contributed by atoms with Crippen LogP contribution in [0, 0.1) is 0 Å². The molecule has 9 rings (SSSR count). The number of rotatable bonds is 5. The zero-order chi connectivity index (χ0) is 34.5. The number of hydrogen-bond acceptors (Lipinski definition) is 5. The summed E-state index contributed by atoms with van der Waals surface area (Å²) in [5.74, 6) is 0.767. The van der Waals surface area contributed by atoms with Crippen LogP contribution in [0.25, 0.3) is 60.7 Å². The highest BCUT2D eigenvalue weighted by atomic mass is 16.3. The van der Waals surface area contributed by atoms with E-state index in [-0.39, 0.29) is 6.67 Å². The Bertz CT molecular complexity index is 2580. The van der Waals surface area contributed by atoms with Gasteiger partial charge in [0.1, 0.15) is 22.3 Å². The molecule has 1 aliphatic rings. The van der Waals surface area contributed by atoms with E-state index in [1.54, 1.807) is 0 Å². The normalized spacial score (nSPS) is 14.6. The molecule has 0 spiro atoms. The molecule has 0 bridgehead atoms. The minimum atomic E-state index is -2.26. The van der Waals surface area contributed by atoms with E-state index in [1.807, 2.05) is 76.4 Å². The zero-order valence-corrected chi connectivity index (χ0v) is 26.8. The van der Waals surface area contributed by atoms with Gasteiger partial charge in [-0.15, -0.1) is 0 Å². The average Bonchev–Trinajstić information content (AvgIpc) is 3.89. The number of hydrogen-bond donors (Lipinski definition) is 0. The Labute approximate surface area is 277 Å². The van der Waals surface area contributed by atoms with Crippen LogP contribution in [0.3, 0.4) is 0 Å². The molecule has 0 fully saturated rings. The monoisotopic (exact) mass is 619 g/mol. The molecule has 0 radical (unpaired) electrons. The number of nitrogens with zero attached hydrogens (tertiary/aromatic N) is 4. The second kappa shape index (κ2) is 10.3. The fourth-order valence-electron chi connectivity index (χ4n) is 7.33. The van der Waals surface area contributed by atoms with Crippen LogP contribution in [0.15, 0.2) is 112 Å². The van der Waals surface area contributed by atoms with Crippen LogP contribution < -0.4 is 9.80 Å². The Balaban J connectivity index is 1.19. The SMILES string of the molecule is [2H]C([2H])([2H])N1CN(c2ccc3oc4ccc5oc6ccc(-n7cc(-c8c(C(C)C)cccc8C(C)C)cn7)cc6c5c4c3c2)c2ccccc21. The number of para-hydroxylation sites is 2. The topological polar surface area (TPSA) is 50.6 Å². The van der Waals surface area contributed by atoms with E-state index < -0.39 is 6.98 Å². The first kappa shape index (κ1) is 24.7. The lowest BCUT2D eigenvalue weighted by Crippen LogP contribution is -2.23. The summed E-state index contributed by atoms with van der Waals surface area (Å²) in [6.45, 7) is 6.92. The van der Waals surface area contributed by atoms with Gasteiger partial charge in [-0.25, -0.2) is 4.68 Å². The minimum Gasteiger partial charge on any atom is -0.456 e. The molecule has 47 heavy (non-hydrogen) atoms. The van der Waals surface area contributed by atoms with Crippen LogP contribution >= 0.6 is 0 Å². The van der Waals surface area contributed by atoms with Crippen molar-refractivity contribution in [2.45, 2.75) is 39.5 Å². The third-order valence-electron chi connectivity index (χ3n) is 9.60. The molecule has 4 heterocycles. The Kier molecular flexibility index (Phi) is 5.39. The van der Waals surface area contributed by atoms with Crippen LogP contribution in [0.5, 0.6) is 0 Å². The summed E-state index contributed by atoms with van der Waals surface area (Å²) in [6.07, 6.45) is 4.10. The van der Waals surface area contributed by atoms with Crippen molar-refractivity contribution in [1.82, 2.24) is 9.78 Å². The van der Waals surface area contributed by atoms with Gasteiger partial charge < -0.3 is 18.6 Å². The molecule has 0 atom stereocenters. The molecule has 6 heteroatoms. The average molecular weight is 620 g/mol. The first-order chi connectivity index (χ1) is 24.1. The lowest BCUT2D eigenvalue weighted by Gasteiger charge is -2.19. The van der Waals surface area contributed by atoms with E-state index in [0.29, 0.717) is 17.5 Å². The summed E-state index contributed by atoms with van der Waals surface area (Å²) in [7, 11) is 0. The van der Waals surface area contributed by atoms with Gasteiger partial charge in [0, 0.05) is 50.1 Å². The van der Waals surface area contributed by atoms with Crippen LogP contribution in [0.1, 0.15) is 54.8 Å². The Morgan fingerprint density at radius 2 is 1.28 bits per heavy atom. The van der Waals surface area contributed by atoms with E-state index in [4.69, 9.17) is 18.0 Å². The summed E-state index contributed by atoms with van der Waals surface area (Å²) in [5.41, 5.74) is 11.4. The van der Waals surface area contributed by atoms with Crippen molar-refractivity contribution in [2.24, 2.45) is 0 Å². The first-order valence-electron chi connectivity index (χ1n) is 17.7. The molecular weight excluding hydrogens is 580 g/mol. The lowest BCUT2D eigenvalue weighted by molar-refractivity contribution is 0.662. The van der Waals surface area contributed by atoms with E-state index >= 15 is 0 Å². The molecule has 0 unspecified atom stereocenters. The molecule has 6 nitrogen and oxygen atoms in total. The first-order valence-corrected chi connectivity index (χ1v) is 16.2. The highest BCUT2D eigenvalue weighted by Gasteiger charge is 2.25. The van der Waals surface area contributed by atoms with Crippen LogP contribution in [0.4, 0.5) is 17.1 Å². The largest absolute Gasteiger partial charge is 0.456 e. The van der Waals surface area contributed by atoms with Crippen molar-refractivity contribution in [3.05, 3.63) is 115 Å². The fraction of sp³-hybridized carbons (Fsp3) is 0.195. The third-order valence-corrected chi connectivity index (χ3v) is 9.60. The second-order valence-corrected chi connectivity index (χ2v) is 13.2. The van der Waals surface area contributed by atoms with Crippen molar-refractivity contribution in [3.63, 3.8) is 0 Å². The number of furan rings is 2. The van der Waals surface area contributed by atoms with E-state index in [2.05, 4.69) is 64.2 Å². The van der Waals surface area contributed by atoms with E-state index in [0.717, 1.165) is 66.5 Å². The van der Waals surface area contributed by atoms with E-state index in [9.17, 15) is 0 Å². The number of anilines is 3. The molecule has 1 aliphatic heterocycles. The van der Waals surface area contributed by atoms with Gasteiger partial charge in [0.25, 0.3) is 0 Å². The molecule has 0 amide bonds. The van der Waals surface area contributed by atoms with Crippen molar-refractivity contribution in [3.8, 4) is 16.8 Å². The molecule has 0 N–H and O–H groups in total. The second-order valence-electron chi connectivity index (χ2n) is 13.2. The number of fused-ring (bicyclic) bond motifs is 8. The van der Waals surface area contributed by atoms with Gasteiger partial charge in [0.05, 0.1) is 29.9 Å². The Morgan fingerprint density at radius 1 is 0.681 bits per heavy atom. The molecule has 3 aromatic heterocycles. The maximum Gasteiger partial charge on any atom is 0.136 e. The smallest absolute Gasteiger partial charge is 0.136 e. The molecule has 0 saturated heterocycles. The highest BCUT2D eigenvalue weighted by molar-refractivity contribution is 6.26. The van der Waals surface area contributed by atoms with Crippen LogP contribution in [0.2, 0.25) is 0 Å². The third kappa shape index (κ3) is 4.21. The summed E-state index contributed by atoms with van der Waals surface area (Å²) in [5, 5.41) is 8.70. The minimum absolute atomic E-state index is 0.219. The van der Waals surface area contributed by atoms with Gasteiger partial charge in [-0.1, -0.05) is 58.0 Å². The van der Waals surface area contributed by atoms with Crippen molar-refractivity contribution in [2.75, 3.05) is 23.4 Å². The fourth-order valence-corrected chi connectivity index (χ4v) is 7.33. The Hall–Kier alpha value is -5.49. The van der Waals surface area contributed by atoms with Crippen LogP contribution in [-0.4, -0.2) is 23.4 Å². The summed E-state index contributed by atoms with van der Waals surface area (Å²) in [6, 6.07) is 30.4. The molecule has 8 aromatic rings. The van der Waals surface area contributed by atoms with Crippen molar-refractivity contribution in [1.29, 1.82) is 0 Å². The summed E-state index contributed by atoms with van der Waals surface area (Å²) in [4.78, 5) is 3.51. The molecule has 232 valence electrons. The van der Waals surface area contributed by atoms with Gasteiger partial charge in [-0.3, -0.25) is 0 Å². The molecule has 0 aliphatic carbocycles. The lowest BCUT2D eigenvalue weighted by atomic mass is 9.86. The maximum absolute atomic E-state index is 8.15. The quantitative estimate of drug-likeness (QED) is 0.192. The van der Waals surface area contributed by atoms with Gasteiger partial charge in [-0.05, 0) is 89.2 Å². The standard InChI is InChI=1S/C41H36N4O2/c1-24(2)29-9-8-10-30(25(3)4)39(29)26-21-42-45(22-26)28-14-16-36-32(20-28)41-38(47-36)18-17-37-40(41)31-19-27(13-15-35(31)46-37)44-23-43(5)33-11-6-7-12-34(33)44/h6-22,24-25H,23H2,1-5H3/i5D3. The highest BCUT2D eigenvalue weighted by Crippen LogP contribution is 2.44. The van der Waals surface area contributed by atoms with Gasteiger partial charge in [0.2, 0.25) is 0 Å². The molecular formula is C41H36N4O2. The zero-order valence-electron chi connectivity index (χ0n) is 29.8. The Morgan fingerprint density at radius 3 is 1.91 bits per heavy atom. The van der Waals surface area contributed by atoms with Gasteiger partial charge in [-0.2, -0.15) is 5.10 Å². The number of aromatic nitrogens is 2. The van der Waals surface area contributed by atoms with Gasteiger partial charge >= 0.3 is 0 Å². The predicted molar refractivity (Wildman–Crippen MR) is 194 cm³/mol. The summed E-state index contributed by atoms with van der Waals surface area (Å²) < 4.78 is 39.2. The predicted octanol–water partition coefficient (Wildman–Crippen LogP) is 11.1. The molecule has 5 aromatic carbocycles.